The number of anilines is 1. The Balaban J connectivity index is 2.50. The molecule has 0 saturated heterocycles. The molecule has 0 aliphatic heterocycles. The lowest BCUT2D eigenvalue weighted by Crippen LogP contribution is -2.05. The molecule has 0 fully saturated rings. The lowest BCUT2D eigenvalue weighted by Gasteiger charge is -2.08. The largest absolute Gasteiger partial charge is 0.464 e. The van der Waals surface area contributed by atoms with Gasteiger partial charge in [0.05, 0.1) is 6.61 Å². The zero-order chi connectivity index (χ0) is 13.0. The van der Waals surface area contributed by atoms with Crippen LogP contribution in [0.4, 0.5) is 5.95 Å². The monoisotopic (exact) mass is 244 g/mol. The summed E-state index contributed by atoms with van der Waals surface area (Å²) in [6.07, 6.45) is 0. The lowest BCUT2D eigenvalue weighted by molar-refractivity contribution is 0.312. The van der Waals surface area contributed by atoms with E-state index in [9.17, 15) is 0 Å². The molecule has 0 aliphatic carbocycles. The van der Waals surface area contributed by atoms with E-state index in [2.05, 4.69) is 20.3 Å². The first kappa shape index (κ1) is 12.3. The van der Waals surface area contributed by atoms with E-state index in [1.807, 2.05) is 38.1 Å². The molecule has 18 heavy (non-hydrogen) atoms. The molecular formula is C13H16N4O. The van der Waals surface area contributed by atoms with E-state index in [0.29, 0.717) is 24.4 Å². The third-order valence-corrected chi connectivity index (χ3v) is 2.50. The molecule has 5 nitrogen and oxygen atoms in total. The highest BCUT2D eigenvalue weighted by atomic mass is 16.5. The van der Waals surface area contributed by atoms with Crippen LogP contribution in [-0.4, -0.2) is 28.6 Å². The van der Waals surface area contributed by atoms with Gasteiger partial charge in [-0.3, -0.25) is 0 Å². The number of rotatable bonds is 4. The van der Waals surface area contributed by atoms with Gasteiger partial charge in [0.1, 0.15) is 0 Å². The number of benzene rings is 1. The summed E-state index contributed by atoms with van der Waals surface area (Å²) in [4.78, 5) is 12.8. The molecule has 1 heterocycles. The number of aromatic nitrogens is 3. The fourth-order valence-corrected chi connectivity index (χ4v) is 1.61. The second-order valence-electron chi connectivity index (χ2n) is 3.76. The highest BCUT2D eigenvalue weighted by Crippen LogP contribution is 2.21. The molecule has 5 heteroatoms. The Labute approximate surface area is 106 Å². The Morgan fingerprint density at radius 3 is 2.61 bits per heavy atom. The number of nitrogens with zero attached hydrogens (tertiary/aromatic N) is 3. The maximum Gasteiger partial charge on any atom is 0.321 e. The predicted molar refractivity (Wildman–Crippen MR) is 70.7 cm³/mol. The Hall–Kier alpha value is -2.17. The minimum Gasteiger partial charge on any atom is -0.464 e. The second kappa shape index (κ2) is 5.44. The van der Waals surface area contributed by atoms with E-state index in [-0.39, 0.29) is 0 Å². The zero-order valence-electron chi connectivity index (χ0n) is 10.8. The summed E-state index contributed by atoms with van der Waals surface area (Å²) in [5.74, 6) is 1.13. The van der Waals surface area contributed by atoms with Crippen LogP contribution in [0.3, 0.4) is 0 Å². The minimum atomic E-state index is 0.343. The van der Waals surface area contributed by atoms with Crippen LogP contribution >= 0.6 is 0 Å². The molecule has 1 aromatic heterocycles. The zero-order valence-corrected chi connectivity index (χ0v) is 10.8. The van der Waals surface area contributed by atoms with Gasteiger partial charge < -0.3 is 10.1 Å². The van der Waals surface area contributed by atoms with E-state index in [4.69, 9.17) is 4.74 Å². The predicted octanol–water partition coefficient (Wildman–Crippen LogP) is 2.29. The summed E-state index contributed by atoms with van der Waals surface area (Å²) >= 11 is 0. The van der Waals surface area contributed by atoms with E-state index < -0.39 is 0 Å². The van der Waals surface area contributed by atoms with Crippen LogP contribution in [0.15, 0.2) is 24.3 Å². The van der Waals surface area contributed by atoms with E-state index in [1.54, 1.807) is 7.05 Å². The van der Waals surface area contributed by atoms with Gasteiger partial charge in [-0.2, -0.15) is 15.0 Å². The highest BCUT2D eigenvalue weighted by molar-refractivity contribution is 5.60. The number of nitrogens with one attached hydrogen (secondary N) is 1. The van der Waals surface area contributed by atoms with Crippen LogP contribution in [0.25, 0.3) is 11.4 Å². The molecule has 2 rings (SSSR count). The van der Waals surface area contributed by atoms with Crippen molar-refractivity contribution in [3.63, 3.8) is 0 Å². The molecule has 0 unspecified atom stereocenters. The molecule has 0 aliphatic rings. The van der Waals surface area contributed by atoms with Crippen LogP contribution in [0.2, 0.25) is 0 Å². The number of aryl methyl sites for hydroxylation is 1. The molecule has 0 spiro atoms. The van der Waals surface area contributed by atoms with Gasteiger partial charge in [0.2, 0.25) is 5.95 Å². The average Bonchev–Trinajstić information content (AvgIpc) is 2.39. The van der Waals surface area contributed by atoms with Gasteiger partial charge >= 0.3 is 6.01 Å². The topological polar surface area (TPSA) is 59.9 Å². The van der Waals surface area contributed by atoms with Crippen molar-refractivity contribution < 1.29 is 4.74 Å². The van der Waals surface area contributed by atoms with Gasteiger partial charge in [0, 0.05) is 12.6 Å². The molecule has 1 N–H and O–H groups in total. The summed E-state index contributed by atoms with van der Waals surface area (Å²) in [5, 5.41) is 2.91. The molecule has 0 radical (unpaired) electrons. The second-order valence-corrected chi connectivity index (χ2v) is 3.76. The minimum absolute atomic E-state index is 0.343. The molecule has 0 amide bonds. The average molecular weight is 244 g/mol. The van der Waals surface area contributed by atoms with Crippen molar-refractivity contribution >= 4 is 5.95 Å². The van der Waals surface area contributed by atoms with Gasteiger partial charge in [-0.05, 0) is 19.4 Å². The molecule has 0 saturated carbocycles. The molecule has 0 atom stereocenters. The summed E-state index contributed by atoms with van der Waals surface area (Å²) < 4.78 is 5.35. The molecular weight excluding hydrogens is 228 g/mol. The Kier molecular flexibility index (Phi) is 3.72. The lowest BCUT2D eigenvalue weighted by atomic mass is 10.1. The van der Waals surface area contributed by atoms with Gasteiger partial charge in [-0.25, -0.2) is 0 Å². The molecule has 94 valence electrons. The van der Waals surface area contributed by atoms with Crippen LogP contribution in [0.5, 0.6) is 6.01 Å². The maximum absolute atomic E-state index is 5.35. The van der Waals surface area contributed by atoms with E-state index in [1.165, 1.54) is 0 Å². The number of hydrogen-bond donors (Lipinski definition) is 1. The summed E-state index contributed by atoms with van der Waals surface area (Å²) in [7, 11) is 1.77. The van der Waals surface area contributed by atoms with E-state index in [0.717, 1.165) is 11.1 Å². The van der Waals surface area contributed by atoms with Crippen molar-refractivity contribution in [2.24, 2.45) is 0 Å². The first-order chi connectivity index (χ1) is 8.74. The van der Waals surface area contributed by atoms with Crippen molar-refractivity contribution in [2.75, 3.05) is 19.0 Å². The standard InChI is InChI=1S/C13H16N4O/c1-4-18-13-16-11(15-12(14-3)17-13)10-8-6-5-7-9(10)2/h5-8H,4H2,1-3H3,(H,14,15,16,17). The Morgan fingerprint density at radius 2 is 1.94 bits per heavy atom. The first-order valence-corrected chi connectivity index (χ1v) is 5.87. The van der Waals surface area contributed by atoms with Crippen LogP contribution in [0, 0.1) is 6.92 Å². The van der Waals surface area contributed by atoms with Crippen LogP contribution in [0.1, 0.15) is 12.5 Å². The Bertz CT molecular complexity index is 542. The SMILES string of the molecule is CCOc1nc(NC)nc(-c2ccccc2C)n1. The first-order valence-electron chi connectivity index (χ1n) is 5.87. The summed E-state index contributed by atoms with van der Waals surface area (Å²) in [6.45, 7) is 4.45. The quantitative estimate of drug-likeness (QED) is 0.894. The molecule has 0 bridgehead atoms. The maximum atomic E-state index is 5.35. The Morgan fingerprint density at radius 1 is 1.17 bits per heavy atom. The number of hydrogen-bond acceptors (Lipinski definition) is 5. The number of ether oxygens (including phenoxy) is 1. The van der Waals surface area contributed by atoms with Crippen molar-refractivity contribution in [1.29, 1.82) is 0 Å². The van der Waals surface area contributed by atoms with Crippen LogP contribution < -0.4 is 10.1 Å². The van der Waals surface area contributed by atoms with E-state index >= 15 is 0 Å². The van der Waals surface area contributed by atoms with Gasteiger partial charge in [0.15, 0.2) is 5.82 Å². The molecule has 1 aromatic carbocycles. The highest BCUT2D eigenvalue weighted by Gasteiger charge is 2.09. The fraction of sp³-hybridized carbons (Fsp3) is 0.308. The fourth-order valence-electron chi connectivity index (χ4n) is 1.61. The van der Waals surface area contributed by atoms with Crippen molar-refractivity contribution in [3.05, 3.63) is 29.8 Å². The van der Waals surface area contributed by atoms with Crippen molar-refractivity contribution in [3.8, 4) is 17.4 Å². The van der Waals surface area contributed by atoms with Crippen molar-refractivity contribution in [1.82, 2.24) is 15.0 Å². The van der Waals surface area contributed by atoms with Crippen molar-refractivity contribution in [2.45, 2.75) is 13.8 Å². The van der Waals surface area contributed by atoms with Gasteiger partial charge in [0.25, 0.3) is 0 Å². The smallest absolute Gasteiger partial charge is 0.321 e. The van der Waals surface area contributed by atoms with Gasteiger partial charge in [-0.15, -0.1) is 0 Å². The summed E-state index contributed by atoms with van der Waals surface area (Å²) in [5.41, 5.74) is 2.10. The third kappa shape index (κ3) is 2.56. The van der Waals surface area contributed by atoms with Crippen LogP contribution in [-0.2, 0) is 0 Å². The third-order valence-electron chi connectivity index (χ3n) is 2.50. The van der Waals surface area contributed by atoms with Gasteiger partial charge in [-0.1, -0.05) is 24.3 Å². The normalized spacial score (nSPS) is 10.2. The molecule has 2 aromatic rings. The summed E-state index contributed by atoms with van der Waals surface area (Å²) in [6, 6.07) is 8.31.